The standard InChI is InChI=1S/C14H17ClN4O2/c1-3-4-5-12(20)17-18-13-14(21)19(2)11-7-6-9(15)8-10(11)16-13/h6-8H,3-5H2,1-2H3,(H,16,18)(H,17,20). The van der Waals surface area contributed by atoms with Crippen molar-refractivity contribution in [1.82, 2.24) is 15.0 Å². The number of rotatable bonds is 5. The molecule has 1 amide bonds. The fourth-order valence-electron chi connectivity index (χ4n) is 1.92. The van der Waals surface area contributed by atoms with E-state index in [1.165, 1.54) is 4.57 Å². The summed E-state index contributed by atoms with van der Waals surface area (Å²) in [5.74, 6) is -0.107. The molecule has 7 heteroatoms. The Morgan fingerprint density at radius 3 is 2.90 bits per heavy atom. The minimum atomic E-state index is -0.319. The van der Waals surface area contributed by atoms with Gasteiger partial charge in [0, 0.05) is 18.5 Å². The second-order valence-electron chi connectivity index (χ2n) is 4.73. The second-order valence-corrected chi connectivity index (χ2v) is 5.17. The zero-order chi connectivity index (χ0) is 15.4. The number of carbonyl (C=O) groups excluding carboxylic acids is 1. The van der Waals surface area contributed by atoms with Gasteiger partial charge in [0.2, 0.25) is 11.7 Å². The predicted octanol–water partition coefficient (Wildman–Crippen LogP) is 2.22. The Morgan fingerprint density at radius 2 is 2.19 bits per heavy atom. The number of fused-ring (bicyclic) bond motifs is 1. The van der Waals surface area contributed by atoms with Gasteiger partial charge in [-0.3, -0.25) is 20.4 Å². The third-order valence-corrected chi connectivity index (χ3v) is 3.35. The van der Waals surface area contributed by atoms with Crippen molar-refractivity contribution in [1.29, 1.82) is 0 Å². The molecule has 2 aromatic rings. The number of benzene rings is 1. The van der Waals surface area contributed by atoms with E-state index in [0.717, 1.165) is 12.8 Å². The van der Waals surface area contributed by atoms with E-state index in [2.05, 4.69) is 15.8 Å². The smallest absolute Gasteiger partial charge is 0.295 e. The van der Waals surface area contributed by atoms with Crippen LogP contribution in [0.4, 0.5) is 5.82 Å². The number of unbranched alkanes of at least 4 members (excludes halogenated alkanes) is 1. The van der Waals surface area contributed by atoms with Crippen LogP contribution in [0.1, 0.15) is 26.2 Å². The molecule has 2 rings (SSSR count). The van der Waals surface area contributed by atoms with Gasteiger partial charge in [-0.05, 0) is 24.6 Å². The molecular formula is C14H17ClN4O2. The van der Waals surface area contributed by atoms with Gasteiger partial charge in [-0.25, -0.2) is 4.98 Å². The van der Waals surface area contributed by atoms with Gasteiger partial charge in [0.05, 0.1) is 11.0 Å². The minimum absolute atomic E-state index is 0.0668. The quantitative estimate of drug-likeness (QED) is 0.830. The molecule has 2 N–H and O–H groups in total. The van der Waals surface area contributed by atoms with E-state index in [-0.39, 0.29) is 17.3 Å². The van der Waals surface area contributed by atoms with E-state index < -0.39 is 0 Å². The number of nitrogens with zero attached hydrogens (tertiary/aromatic N) is 2. The average molecular weight is 309 g/mol. The van der Waals surface area contributed by atoms with Crippen molar-refractivity contribution in [2.45, 2.75) is 26.2 Å². The molecule has 0 saturated heterocycles. The summed E-state index contributed by atoms with van der Waals surface area (Å²) in [6.07, 6.45) is 2.14. The predicted molar refractivity (Wildman–Crippen MR) is 83.3 cm³/mol. The van der Waals surface area contributed by atoms with Crippen molar-refractivity contribution in [2.75, 3.05) is 5.43 Å². The summed E-state index contributed by atoms with van der Waals surface area (Å²) < 4.78 is 1.46. The molecule has 0 fully saturated rings. The molecule has 0 radical (unpaired) electrons. The maximum Gasteiger partial charge on any atom is 0.295 e. The molecule has 0 atom stereocenters. The van der Waals surface area contributed by atoms with Crippen LogP contribution in [-0.2, 0) is 11.8 Å². The lowest BCUT2D eigenvalue weighted by molar-refractivity contribution is -0.120. The molecule has 0 saturated carbocycles. The summed E-state index contributed by atoms with van der Waals surface area (Å²) in [6.45, 7) is 2.01. The molecule has 1 aromatic carbocycles. The first-order valence-corrected chi connectivity index (χ1v) is 7.12. The highest BCUT2D eigenvalue weighted by Crippen LogP contribution is 2.16. The molecular weight excluding hydrogens is 292 g/mol. The van der Waals surface area contributed by atoms with Gasteiger partial charge in [-0.15, -0.1) is 0 Å². The first-order valence-electron chi connectivity index (χ1n) is 6.74. The maximum absolute atomic E-state index is 12.1. The lowest BCUT2D eigenvalue weighted by atomic mass is 10.2. The molecule has 0 aliphatic carbocycles. The SMILES string of the molecule is CCCCC(=O)NNc1nc2cc(Cl)ccc2n(C)c1=O. The number of aryl methyl sites for hydroxylation is 1. The summed E-state index contributed by atoms with van der Waals surface area (Å²) in [5, 5.41) is 0.534. The maximum atomic E-state index is 12.1. The summed E-state index contributed by atoms with van der Waals surface area (Å²) in [4.78, 5) is 27.9. The average Bonchev–Trinajstić information content (AvgIpc) is 2.47. The number of amides is 1. The molecule has 6 nitrogen and oxygen atoms in total. The number of hydrazine groups is 1. The van der Waals surface area contributed by atoms with Crippen LogP contribution in [-0.4, -0.2) is 15.5 Å². The first kappa shape index (κ1) is 15.3. The van der Waals surface area contributed by atoms with Gasteiger partial charge in [0.1, 0.15) is 0 Å². The lowest BCUT2D eigenvalue weighted by Gasteiger charge is -2.10. The fourth-order valence-corrected chi connectivity index (χ4v) is 2.08. The third kappa shape index (κ3) is 3.52. The Kier molecular flexibility index (Phi) is 4.80. The molecule has 0 bridgehead atoms. The largest absolute Gasteiger partial charge is 0.307 e. The third-order valence-electron chi connectivity index (χ3n) is 3.12. The summed E-state index contributed by atoms with van der Waals surface area (Å²) in [7, 11) is 1.64. The van der Waals surface area contributed by atoms with Crippen LogP contribution in [0.15, 0.2) is 23.0 Å². The van der Waals surface area contributed by atoms with Crippen molar-refractivity contribution < 1.29 is 4.79 Å². The molecule has 0 unspecified atom stereocenters. The van der Waals surface area contributed by atoms with Gasteiger partial charge >= 0.3 is 0 Å². The summed E-state index contributed by atoms with van der Waals surface area (Å²) in [5.41, 5.74) is 6.00. The number of aromatic nitrogens is 2. The molecule has 112 valence electrons. The summed E-state index contributed by atoms with van der Waals surface area (Å²) in [6, 6.07) is 5.10. The van der Waals surface area contributed by atoms with E-state index >= 15 is 0 Å². The summed E-state index contributed by atoms with van der Waals surface area (Å²) >= 11 is 5.93. The molecule has 1 heterocycles. The Hall–Kier alpha value is -2.08. The van der Waals surface area contributed by atoms with Gasteiger partial charge in [-0.2, -0.15) is 0 Å². The van der Waals surface area contributed by atoms with Crippen LogP contribution in [0.5, 0.6) is 0 Å². The highest BCUT2D eigenvalue weighted by molar-refractivity contribution is 6.31. The minimum Gasteiger partial charge on any atom is -0.307 e. The number of anilines is 1. The van der Waals surface area contributed by atoms with Gasteiger partial charge in [0.25, 0.3) is 5.56 Å². The lowest BCUT2D eigenvalue weighted by Crippen LogP contribution is -2.34. The van der Waals surface area contributed by atoms with Crippen molar-refractivity contribution in [3.8, 4) is 0 Å². The molecule has 0 aliphatic rings. The number of hydrogen-bond acceptors (Lipinski definition) is 4. The van der Waals surface area contributed by atoms with Crippen LogP contribution >= 0.6 is 11.6 Å². The highest BCUT2D eigenvalue weighted by atomic mass is 35.5. The van der Waals surface area contributed by atoms with E-state index in [0.29, 0.717) is 22.5 Å². The topological polar surface area (TPSA) is 76.0 Å². The monoisotopic (exact) mass is 308 g/mol. The molecule has 0 aliphatic heterocycles. The van der Waals surface area contributed by atoms with Crippen LogP contribution in [0, 0.1) is 0 Å². The van der Waals surface area contributed by atoms with E-state index in [1.54, 1.807) is 25.2 Å². The number of nitrogens with one attached hydrogen (secondary N) is 2. The van der Waals surface area contributed by atoms with E-state index in [4.69, 9.17) is 11.6 Å². The zero-order valence-electron chi connectivity index (χ0n) is 11.9. The molecule has 0 spiro atoms. The Bertz CT molecular complexity index is 727. The Morgan fingerprint density at radius 1 is 1.43 bits per heavy atom. The molecule has 1 aromatic heterocycles. The van der Waals surface area contributed by atoms with Crippen LogP contribution < -0.4 is 16.4 Å². The Labute approximate surface area is 127 Å². The highest BCUT2D eigenvalue weighted by Gasteiger charge is 2.09. The van der Waals surface area contributed by atoms with Crippen LogP contribution in [0.2, 0.25) is 5.02 Å². The van der Waals surface area contributed by atoms with Crippen molar-refractivity contribution in [2.24, 2.45) is 7.05 Å². The first-order chi connectivity index (χ1) is 10.0. The number of carbonyl (C=O) groups is 1. The second kappa shape index (κ2) is 6.58. The van der Waals surface area contributed by atoms with Crippen molar-refractivity contribution >= 4 is 34.4 Å². The van der Waals surface area contributed by atoms with Crippen LogP contribution in [0.3, 0.4) is 0 Å². The van der Waals surface area contributed by atoms with E-state index in [1.807, 2.05) is 6.92 Å². The molecule has 21 heavy (non-hydrogen) atoms. The normalized spacial score (nSPS) is 10.6. The van der Waals surface area contributed by atoms with Crippen molar-refractivity contribution in [3.63, 3.8) is 0 Å². The fraction of sp³-hybridized carbons (Fsp3) is 0.357. The van der Waals surface area contributed by atoms with Gasteiger partial charge < -0.3 is 4.57 Å². The number of hydrogen-bond donors (Lipinski definition) is 2. The van der Waals surface area contributed by atoms with Crippen LogP contribution in [0.25, 0.3) is 11.0 Å². The van der Waals surface area contributed by atoms with Gasteiger partial charge in [-0.1, -0.05) is 24.9 Å². The Balaban J connectivity index is 2.26. The van der Waals surface area contributed by atoms with Crippen molar-refractivity contribution in [3.05, 3.63) is 33.6 Å². The van der Waals surface area contributed by atoms with E-state index in [9.17, 15) is 9.59 Å². The zero-order valence-corrected chi connectivity index (χ0v) is 12.7. The van der Waals surface area contributed by atoms with Gasteiger partial charge in [0.15, 0.2) is 0 Å². The number of halogens is 1.